The Morgan fingerprint density at radius 2 is 2.00 bits per heavy atom. The molecule has 4 heteroatoms. The molecule has 1 aliphatic rings. The van der Waals surface area contributed by atoms with Gasteiger partial charge in [-0.3, -0.25) is 9.89 Å². The first-order valence-electron chi connectivity index (χ1n) is 7.29. The van der Waals surface area contributed by atoms with Gasteiger partial charge in [-0.05, 0) is 37.2 Å². The standard InChI is InChI=1S/C16H21N3O/c1-16(2)9-7-11(8-10-16)17-15(20)14-12-5-3-4-6-13(12)18-19-14/h3-6,11H,7-10H2,1-2H3,(H,17,20)(H,18,19). The Balaban J connectivity index is 1.71. The maximum atomic E-state index is 12.4. The highest BCUT2D eigenvalue weighted by atomic mass is 16.2. The van der Waals surface area contributed by atoms with E-state index in [2.05, 4.69) is 29.4 Å². The van der Waals surface area contributed by atoms with Crippen molar-refractivity contribution in [3.05, 3.63) is 30.0 Å². The number of amides is 1. The second-order valence-corrected chi connectivity index (χ2v) is 6.53. The molecule has 0 atom stereocenters. The molecule has 1 aromatic carbocycles. The summed E-state index contributed by atoms with van der Waals surface area (Å²) < 4.78 is 0. The third-order valence-corrected chi connectivity index (χ3v) is 4.36. The van der Waals surface area contributed by atoms with Crippen LogP contribution in [-0.4, -0.2) is 22.1 Å². The molecule has 3 rings (SSSR count). The summed E-state index contributed by atoms with van der Waals surface area (Å²) in [6.07, 6.45) is 4.45. The normalized spacial score (nSPS) is 19.1. The average Bonchev–Trinajstić information content (AvgIpc) is 2.85. The van der Waals surface area contributed by atoms with Crippen LogP contribution in [0.1, 0.15) is 50.0 Å². The zero-order valence-electron chi connectivity index (χ0n) is 12.1. The lowest BCUT2D eigenvalue weighted by Crippen LogP contribution is -2.39. The maximum Gasteiger partial charge on any atom is 0.272 e. The molecule has 4 nitrogen and oxygen atoms in total. The number of hydrogen-bond acceptors (Lipinski definition) is 2. The van der Waals surface area contributed by atoms with E-state index in [4.69, 9.17) is 0 Å². The molecule has 0 radical (unpaired) electrons. The van der Waals surface area contributed by atoms with Crippen molar-refractivity contribution in [1.82, 2.24) is 15.5 Å². The first kappa shape index (κ1) is 13.2. The fraction of sp³-hybridized carbons (Fsp3) is 0.500. The highest BCUT2D eigenvalue weighted by molar-refractivity contribution is 6.04. The van der Waals surface area contributed by atoms with Gasteiger partial charge in [0, 0.05) is 11.4 Å². The van der Waals surface area contributed by atoms with E-state index in [1.165, 1.54) is 12.8 Å². The molecule has 0 saturated heterocycles. The van der Waals surface area contributed by atoms with Gasteiger partial charge in [0.1, 0.15) is 0 Å². The van der Waals surface area contributed by atoms with Gasteiger partial charge in [0.05, 0.1) is 5.52 Å². The summed E-state index contributed by atoms with van der Waals surface area (Å²) in [5.41, 5.74) is 1.83. The van der Waals surface area contributed by atoms with Gasteiger partial charge in [-0.15, -0.1) is 0 Å². The number of nitrogens with one attached hydrogen (secondary N) is 2. The molecule has 1 amide bonds. The van der Waals surface area contributed by atoms with Crippen LogP contribution < -0.4 is 5.32 Å². The molecule has 1 heterocycles. The number of carbonyl (C=O) groups is 1. The molecule has 0 spiro atoms. The molecule has 106 valence electrons. The van der Waals surface area contributed by atoms with E-state index in [1.54, 1.807) is 0 Å². The molecule has 0 aliphatic heterocycles. The van der Waals surface area contributed by atoms with Crippen molar-refractivity contribution in [2.24, 2.45) is 5.41 Å². The number of nitrogens with zero attached hydrogens (tertiary/aromatic N) is 1. The van der Waals surface area contributed by atoms with Gasteiger partial charge in [-0.1, -0.05) is 32.0 Å². The van der Waals surface area contributed by atoms with Gasteiger partial charge in [0.15, 0.2) is 5.69 Å². The fourth-order valence-electron chi connectivity index (χ4n) is 2.93. The Hall–Kier alpha value is -1.84. The molecule has 2 aromatic rings. The average molecular weight is 271 g/mol. The molecule has 0 bridgehead atoms. The Kier molecular flexibility index (Phi) is 3.24. The number of para-hydroxylation sites is 1. The van der Waals surface area contributed by atoms with Crippen molar-refractivity contribution >= 4 is 16.8 Å². The van der Waals surface area contributed by atoms with Crippen molar-refractivity contribution in [2.45, 2.75) is 45.6 Å². The number of aromatic nitrogens is 2. The van der Waals surface area contributed by atoms with Crippen molar-refractivity contribution in [2.75, 3.05) is 0 Å². The number of benzene rings is 1. The summed E-state index contributed by atoms with van der Waals surface area (Å²) in [6.45, 7) is 4.60. The van der Waals surface area contributed by atoms with Crippen LogP contribution in [0.15, 0.2) is 24.3 Å². The number of H-pyrrole nitrogens is 1. The van der Waals surface area contributed by atoms with Crippen molar-refractivity contribution in [3.63, 3.8) is 0 Å². The Morgan fingerprint density at radius 3 is 2.75 bits per heavy atom. The Labute approximate surface area is 119 Å². The molecule has 0 unspecified atom stereocenters. The van der Waals surface area contributed by atoms with Crippen molar-refractivity contribution < 1.29 is 4.79 Å². The van der Waals surface area contributed by atoms with Gasteiger partial charge in [-0.2, -0.15) is 5.10 Å². The quantitative estimate of drug-likeness (QED) is 0.880. The predicted octanol–water partition coefficient (Wildman–Crippen LogP) is 3.26. The second-order valence-electron chi connectivity index (χ2n) is 6.53. The molecule has 1 aliphatic carbocycles. The summed E-state index contributed by atoms with van der Waals surface area (Å²) >= 11 is 0. The first-order valence-corrected chi connectivity index (χ1v) is 7.29. The van der Waals surface area contributed by atoms with Crippen LogP contribution in [-0.2, 0) is 0 Å². The van der Waals surface area contributed by atoms with E-state index in [1.807, 2.05) is 24.3 Å². The van der Waals surface area contributed by atoms with E-state index in [0.717, 1.165) is 23.7 Å². The summed E-state index contributed by atoms with van der Waals surface area (Å²) in [5.74, 6) is -0.0628. The minimum Gasteiger partial charge on any atom is -0.348 e. The smallest absolute Gasteiger partial charge is 0.272 e. The molecular formula is C16H21N3O. The van der Waals surface area contributed by atoms with Crippen LogP contribution in [0.3, 0.4) is 0 Å². The third kappa shape index (κ3) is 2.55. The van der Waals surface area contributed by atoms with Crippen LogP contribution in [0.2, 0.25) is 0 Å². The molecule has 1 saturated carbocycles. The largest absolute Gasteiger partial charge is 0.348 e. The molecule has 1 aromatic heterocycles. The van der Waals surface area contributed by atoms with Crippen LogP contribution in [0, 0.1) is 5.41 Å². The predicted molar refractivity (Wildman–Crippen MR) is 79.6 cm³/mol. The van der Waals surface area contributed by atoms with Crippen LogP contribution >= 0.6 is 0 Å². The van der Waals surface area contributed by atoms with Crippen molar-refractivity contribution in [3.8, 4) is 0 Å². The number of carbonyl (C=O) groups excluding carboxylic acids is 1. The zero-order chi connectivity index (χ0) is 14.2. The highest BCUT2D eigenvalue weighted by Gasteiger charge is 2.28. The number of aromatic amines is 1. The van der Waals surface area contributed by atoms with E-state index in [0.29, 0.717) is 11.1 Å². The Bertz CT molecular complexity index is 619. The second kappa shape index (κ2) is 4.93. The molecule has 20 heavy (non-hydrogen) atoms. The maximum absolute atomic E-state index is 12.4. The van der Waals surface area contributed by atoms with E-state index in [9.17, 15) is 4.79 Å². The number of rotatable bonds is 2. The zero-order valence-corrected chi connectivity index (χ0v) is 12.1. The van der Waals surface area contributed by atoms with E-state index in [-0.39, 0.29) is 11.9 Å². The lowest BCUT2D eigenvalue weighted by Gasteiger charge is -2.34. The lowest BCUT2D eigenvalue weighted by molar-refractivity contribution is 0.0905. The third-order valence-electron chi connectivity index (χ3n) is 4.36. The Morgan fingerprint density at radius 1 is 1.30 bits per heavy atom. The summed E-state index contributed by atoms with van der Waals surface area (Å²) in [7, 11) is 0. The summed E-state index contributed by atoms with van der Waals surface area (Å²) in [5, 5.41) is 11.1. The minimum atomic E-state index is -0.0628. The van der Waals surface area contributed by atoms with Gasteiger partial charge in [-0.25, -0.2) is 0 Å². The topological polar surface area (TPSA) is 57.8 Å². The lowest BCUT2D eigenvalue weighted by atomic mass is 9.75. The van der Waals surface area contributed by atoms with Gasteiger partial charge >= 0.3 is 0 Å². The van der Waals surface area contributed by atoms with E-state index < -0.39 is 0 Å². The summed E-state index contributed by atoms with van der Waals surface area (Å²) in [4.78, 5) is 12.4. The number of hydrogen-bond donors (Lipinski definition) is 2. The van der Waals surface area contributed by atoms with Gasteiger partial charge < -0.3 is 5.32 Å². The minimum absolute atomic E-state index is 0.0628. The first-order chi connectivity index (χ1) is 9.55. The molecule has 1 fully saturated rings. The van der Waals surface area contributed by atoms with Crippen LogP contribution in [0.5, 0.6) is 0 Å². The van der Waals surface area contributed by atoms with Gasteiger partial charge in [0.25, 0.3) is 5.91 Å². The molecular weight excluding hydrogens is 250 g/mol. The summed E-state index contributed by atoms with van der Waals surface area (Å²) in [6, 6.07) is 8.01. The van der Waals surface area contributed by atoms with Gasteiger partial charge in [0.2, 0.25) is 0 Å². The monoisotopic (exact) mass is 271 g/mol. The van der Waals surface area contributed by atoms with E-state index >= 15 is 0 Å². The molecule has 2 N–H and O–H groups in total. The SMILES string of the molecule is CC1(C)CCC(NC(=O)c2n[nH]c3ccccc23)CC1. The van der Waals surface area contributed by atoms with Crippen molar-refractivity contribution in [1.29, 1.82) is 0 Å². The highest BCUT2D eigenvalue weighted by Crippen LogP contribution is 2.35. The number of fused-ring (bicyclic) bond motifs is 1. The van der Waals surface area contributed by atoms with Crippen LogP contribution in [0.4, 0.5) is 0 Å². The fourth-order valence-corrected chi connectivity index (χ4v) is 2.93. The van der Waals surface area contributed by atoms with Crippen LogP contribution in [0.25, 0.3) is 10.9 Å².